The maximum Gasteiger partial charge on any atom is 0.0548 e. The monoisotopic (exact) mass is 246 g/mol. The molecule has 0 N–H and O–H groups in total. The van der Waals surface area contributed by atoms with Gasteiger partial charge in [0.25, 0.3) is 0 Å². The average molecular weight is 246 g/mol. The van der Waals surface area contributed by atoms with Crippen LogP contribution in [-0.2, 0) is 42.2 Å². The molecule has 0 saturated carbocycles. The molecule has 1 aliphatic heterocycles. The number of methoxy groups -OCH3 is 1. The molecule has 0 aromatic carbocycles. The van der Waals surface area contributed by atoms with Crippen molar-refractivity contribution in [1.29, 1.82) is 0 Å². The van der Waals surface area contributed by atoms with Crippen LogP contribution in [0, 0.1) is 12.3 Å². The van der Waals surface area contributed by atoms with E-state index in [9.17, 15) is 0 Å². The van der Waals surface area contributed by atoms with Crippen LogP contribution >= 0.6 is 0 Å². The Balaban J connectivity index is 0.00000121. The zero-order valence-corrected chi connectivity index (χ0v) is 11.0. The van der Waals surface area contributed by atoms with Crippen LogP contribution in [-0.4, -0.2) is 19.5 Å². The normalized spacial score (nSPS) is 35.8. The second-order valence-electron chi connectivity index (χ2n) is 3.18. The fourth-order valence-corrected chi connectivity index (χ4v) is 1.45. The van der Waals surface area contributed by atoms with Crippen molar-refractivity contribution in [3.8, 4) is 0 Å². The molecule has 0 bridgehead atoms. The Hall–Kier alpha value is 1.02. The Labute approximate surface area is 100 Å². The fourth-order valence-electron chi connectivity index (χ4n) is 1.45. The van der Waals surface area contributed by atoms with Gasteiger partial charge in [-0.15, -0.1) is 0 Å². The van der Waals surface area contributed by atoms with Gasteiger partial charge in [-0.2, -0.15) is 5.92 Å². The van der Waals surface area contributed by atoms with Gasteiger partial charge in [0.1, 0.15) is 0 Å². The quantitative estimate of drug-likeness (QED) is 0.694. The van der Waals surface area contributed by atoms with Crippen molar-refractivity contribution in [1.82, 2.24) is 0 Å². The molecule has 1 rings (SSSR count). The van der Waals surface area contributed by atoms with Gasteiger partial charge in [0.15, 0.2) is 0 Å². The molecule has 3 atom stereocenters. The van der Waals surface area contributed by atoms with Gasteiger partial charge in [-0.1, -0.05) is 20.3 Å². The number of hydrogen-bond acceptors (Lipinski definition) is 2. The van der Waals surface area contributed by atoms with Crippen molar-refractivity contribution in [2.75, 3.05) is 7.11 Å². The zero-order valence-electron chi connectivity index (χ0n) is 8.12. The summed E-state index contributed by atoms with van der Waals surface area (Å²) in [5, 5.41) is 0. The van der Waals surface area contributed by atoms with E-state index in [-0.39, 0.29) is 39.0 Å². The van der Waals surface area contributed by atoms with E-state index in [2.05, 4.69) is 20.3 Å². The molecule has 2 nitrogen and oxygen atoms in total. The van der Waals surface area contributed by atoms with E-state index < -0.39 is 0 Å². The van der Waals surface area contributed by atoms with Gasteiger partial charge in [0, 0.05) is 46.1 Å². The van der Waals surface area contributed by atoms with E-state index in [0.717, 1.165) is 12.8 Å². The van der Waals surface area contributed by atoms with Gasteiger partial charge in [-0.3, -0.25) is 6.42 Å². The first-order valence-electron chi connectivity index (χ1n) is 4.29. The Morgan fingerprint density at radius 2 is 2.25 bits per heavy atom. The predicted molar refractivity (Wildman–Crippen MR) is 44.0 cm³/mol. The standard InChI is InChI=1S/C9H17O2.Y/c1-4-8-5-7(2)6-9(10-3)11-8;/h6-9H,4-5H2,1-3H3;/q-1;. The first-order valence-corrected chi connectivity index (χ1v) is 4.29. The van der Waals surface area contributed by atoms with Crippen molar-refractivity contribution < 1.29 is 42.2 Å². The van der Waals surface area contributed by atoms with Gasteiger partial charge in [-0.05, 0) is 6.42 Å². The van der Waals surface area contributed by atoms with E-state index in [1.165, 1.54) is 0 Å². The molecule has 1 aliphatic rings. The molecule has 0 aromatic heterocycles. The Morgan fingerprint density at radius 1 is 1.58 bits per heavy atom. The van der Waals surface area contributed by atoms with Crippen LogP contribution < -0.4 is 0 Å². The molecule has 1 saturated heterocycles. The van der Waals surface area contributed by atoms with E-state index in [1.807, 2.05) is 0 Å². The minimum atomic E-state index is -0.0799. The van der Waals surface area contributed by atoms with Crippen LogP contribution in [0.1, 0.15) is 26.7 Å². The molecule has 3 unspecified atom stereocenters. The van der Waals surface area contributed by atoms with Crippen LogP contribution in [0.25, 0.3) is 0 Å². The molecule has 0 aliphatic carbocycles. The minimum Gasteiger partial charge on any atom is -0.387 e. The molecule has 1 radical (unpaired) electrons. The van der Waals surface area contributed by atoms with Crippen molar-refractivity contribution in [3.05, 3.63) is 6.42 Å². The van der Waals surface area contributed by atoms with Crippen molar-refractivity contribution in [2.45, 2.75) is 39.1 Å². The molecule has 3 heteroatoms. The van der Waals surface area contributed by atoms with Gasteiger partial charge in [-0.25, -0.2) is 0 Å². The second kappa shape index (κ2) is 6.47. The van der Waals surface area contributed by atoms with Crippen molar-refractivity contribution in [3.63, 3.8) is 0 Å². The summed E-state index contributed by atoms with van der Waals surface area (Å²) >= 11 is 0. The topological polar surface area (TPSA) is 18.5 Å². The Morgan fingerprint density at radius 3 is 2.75 bits per heavy atom. The number of ether oxygens (including phenoxy) is 2. The molecular weight excluding hydrogens is 229 g/mol. The Kier molecular flexibility index (Phi) is 7.03. The van der Waals surface area contributed by atoms with Crippen molar-refractivity contribution >= 4 is 0 Å². The number of rotatable bonds is 2. The third kappa shape index (κ3) is 3.82. The molecule has 12 heavy (non-hydrogen) atoms. The summed E-state index contributed by atoms with van der Waals surface area (Å²) in [7, 11) is 1.69. The van der Waals surface area contributed by atoms with E-state index >= 15 is 0 Å². The van der Waals surface area contributed by atoms with E-state index in [4.69, 9.17) is 9.47 Å². The summed E-state index contributed by atoms with van der Waals surface area (Å²) in [6.07, 6.45) is 4.64. The van der Waals surface area contributed by atoms with Crippen LogP contribution in [0.4, 0.5) is 0 Å². The van der Waals surface area contributed by atoms with E-state index in [1.54, 1.807) is 7.11 Å². The van der Waals surface area contributed by atoms with Crippen molar-refractivity contribution in [2.24, 2.45) is 5.92 Å². The van der Waals surface area contributed by atoms with Gasteiger partial charge < -0.3 is 9.47 Å². The molecule has 1 heterocycles. The van der Waals surface area contributed by atoms with Gasteiger partial charge >= 0.3 is 0 Å². The largest absolute Gasteiger partial charge is 0.387 e. The van der Waals surface area contributed by atoms with Gasteiger partial charge in [0.05, 0.1) is 6.10 Å². The summed E-state index contributed by atoms with van der Waals surface area (Å²) in [5.41, 5.74) is 0. The van der Waals surface area contributed by atoms with E-state index in [0.29, 0.717) is 12.0 Å². The zero-order chi connectivity index (χ0) is 8.27. The molecule has 0 amide bonds. The molecule has 0 aromatic rings. The SMILES string of the molecule is CCC1CC(C)[CH-]C(OC)O1.[Y]. The molecule has 0 spiro atoms. The average Bonchev–Trinajstić information content (AvgIpc) is 2.03. The number of hydrogen-bond donors (Lipinski definition) is 0. The molecule has 69 valence electrons. The summed E-state index contributed by atoms with van der Waals surface area (Å²) in [6, 6.07) is 0. The first-order chi connectivity index (χ1) is 5.26. The van der Waals surface area contributed by atoms with Gasteiger partial charge in [0.2, 0.25) is 0 Å². The van der Waals surface area contributed by atoms with Crippen LogP contribution in [0.15, 0.2) is 0 Å². The van der Waals surface area contributed by atoms with Crippen LogP contribution in [0.5, 0.6) is 0 Å². The predicted octanol–water partition coefficient (Wildman–Crippen LogP) is 2.00. The summed E-state index contributed by atoms with van der Waals surface area (Å²) in [5.74, 6) is 0.624. The smallest absolute Gasteiger partial charge is 0.0548 e. The maximum atomic E-state index is 5.58. The maximum absolute atomic E-state index is 5.58. The fraction of sp³-hybridized carbons (Fsp3) is 0.889. The third-order valence-corrected chi connectivity index (χ3v) is 2.13. The summed E-state index contributed by atoms with van der Waals surface area (Å²) in [6.45, 7) is 4.35. The molecule has 1 fully saturated rings. The Bertz CT molecular complexity index is 107. The first kappa shape index (κ1) is 13.0. The third-order valence-electron chi connectivity index (χ3n) is 2.13. The second-order valence-corrected chi connectivity index (χ2v) is 3.18. The molecular formula is C9H17O2Y-. The van der Waals surface area contributed by atoms with Crippen LogP contribution in [0.2, 0.25) is 0 Å². The summed E-state index contributed by atoms with van der Waals surface area (Å²) < 4.78 is 10.7. The van der Waals surface area contributed by atoms with Crippen LogP contribution in [0.3, 0.4) is 0 Å². The minimum absolute atomic E-state index is 0. The summed E-state index contributed by atoms with van der Waals surface area (Å²) in [4.78, 5) is 0.